The number of nitrogens with one attached hydrogen (secondary N) is 1. The number of amides is 1. The van der Waals surface area contributed by atoms with Gasteiger partial charge in [0.25, 0.3) is 0 Å². The highest BCUT2D eigenvalue weighted by Gasteiger charge is 2.10. The van der Waals surface area contributed by atoms with Crippen LogP contribution >= 0.6 is 0 Å². The Morgan fingerprint density at radius 1 is 1.67 bits per heavy atom. The lowest BCUT2D eigenvalue weighted by Crippen LogP contribution is -2.22. The topological polar surface area (TPSA) is 80.9 Å². The zero-order valence-electron chi connectivity index (χ0n) is 8.81. The summed E-state index contributed by atoms with van der Waals surface area (Å²) < 4.78 is 0. The standard InChI is InChI=1S/C10H16N4O/c1-2-8(7-11)6-10(15)13-9-4-3-5-12-14-9/h3-5,8H,2,6-7,11H2,1H3,(H,13,14,15). The van der Waals surface area contributed by atoms with E-state index in [4.69, 9.17) is 5.73 Å². The molecule has 1 aromatic heterocycles. The minimum absolute atomic E-state index is 0.0622. The molecule has 82 valence electrons. The highest BCUT2D eigenvalue weighted by molar-refractivity contribution is 5.89. The van der Waals surface area contributed by atoms with Crippen molar-refractivity contribution < 1.29 is 4.79 Å². The Balaban J connectivity index is 2.43. The second kappa shape index (κ2) is 6.08. The Morgan fingerprint density at radius 2 is 2.47 bits per heavy atom. The summed E-state index contributed by atoms with van der Waals surface area (Å²) in [6.07, 6.45) is 2.90. The molecule has 0 bridgehead atoms. The van der Waals surface area contributed by atoms with Crippen LogP contribution in [0.15, 0.2) is 18.3 Å². The van der Waals surface area contributed by atoms with Gasteiger partial charge in [-0.2, -0.15) is 5.10 Å². The van der Waals surface area contributed by atoms with E-state index in [1.165, 1.54) is 0 Å². The number of carbonyl (C=O) groups is 1. The van der Waals surface area contributed by atoms with Gasteiger partial charge in [-0.25, -0.2) is 0 Å². The van der Waals surface area contributed by atoms with E-state index < -0.39 is 0 Å². The molecule has 5 heteroatoms. The molecule has 5 nitrogen and oxygen atoms in total. The van der Waals surface area contributed by atoms with E-state index in [0.717, 1.165) is 6.42 Å². The molecule has 0 aliphatic rings. The van der Waals surface area contributed by atoms with E-state index in [9.17, 15) is 4.79 Å². The summed E-state index contributed by atoms with van der Waals surface area (Å²) in [4.78, 5) is 11.5. The van der Waals surface area contributed by atoms with E-state index in [2.05, 4.69) is 15.5 Å². The van der Waals surface area contributed by atoms with Crippen LogP contribution < -0.4 is 11.1 Å². The molecule has 0 aliphatic carbocycles. The molecule has 0 aromatic carbocycles. The van der Waals surface area contributed by atoms with Crippen LogP contribution in [-0.4, -0.2) is 22.6 Å². The van der Waals surface area contributed by atoms with Crippen LogP contribution in [0.2, 0.25) is 0 Å². The van der Waals surface area contributed by atoms with Crippen molar-refractivity contribution in [2.45, 2.75) is 19.8 Å². The molecule has 1 aromatic rings. The molecule has 0 aliphatic heterocycles. The lowest BCUT2D eigenvalue weighted by molar-refractivity contribution is -0.117. The number of nitrogens with zero attached hydrogens (tertiary/aromatic N) is 2. The molecule has 0 radical (unpaired) electrons. The third kappa shape index (κ3) is 4.03. The second-order valence-electron chi connectivity index (χ2n) is 3.37. The maximum Gasteiger partial charge on any atom is 0.225 e. The van der Waals surface area contributed by atoms with Gasteiger partial charge < -0.3 is 11.1 Å². The molecule has 1 heterocycles. The van der Waals surface area contributed by atoms with Gasteiger partial charge in [-0.3, -0.25) is 4.79 Å². The zero-order chi connectivity index (χ0) is 11.1. The van der Waals surface area contributed by atoms with Crippen molar-refractivity contribution in [1.29, 1.82) is 0 Å². The van der Waals surface area contributed by atoms with Crippen molar-refractivity contribution in [2.75, 3.05) is 11.9 Å². The van der Waals surface area contributed by atoms with Gasteiger partial charge in [0.2, 0.25) is 5.91 Å². The van der Waals surface area contributed by atoms with E-state index in [0.29, 0.717) is 18.8 Å². The van der Waals surface area contributed by atoms with Gasteiger partial charge in [0.05, 0.1) is 0 Å². The average molecular weight is 208 g/mol. The van der Waals surface area contributed by atoms with E-state index in [1.54, 1.807) is 18.3 Å². The lowest BCUT2D eigenvalue weighted by Gasteiger charge is -2.10. The van der Waals surface area contributed by atoms with Crippen LogP contribution in [0.25, 0.3) is 0 Å². The highest BCUT2D eigenvalue weighted by atomic mass is 16.1. The monoisotopic (exact) mass is 208 g/mol. The molecule has 0 fully saturated rings. The Bertz CT molecular complexity index is 298. The molecule has 0 saturated heterocycles. The molecular formula is C10H16N4O. The SMILES string of the molecule is CCC(CN)CC(=O)Nc1cccnn1. The summed E-state index contributed by atoms with van der Waals surface area (Å²) in [6.45, 7) is 2.55. The predicted molar refractivity (Wildman–Crippen MR) is 58.1 cm³/mol. The van der Waals surface area contributed by atoms with Crippen LogP contribution in [-0.2, 0) is 4.79 Å². The number of nitrogens with two attached hydrogens (primary N) is 1. The first-order valence-electron chi connectivity index (χ1n) is 5.03. The van der Waals surface area contributed by atoms with Crippen LogP contribution in [0.5, 0.6) is 0 Å². The zero-order valence-corrected chi connectivity index (χ0v) is 8.81. The summed E-state index contributed by atoms with van der Waals surface area (Å²) in [7, 11) is 0. The largest absolute Gasteiger partial charge is 0.330 e. The third-order valence-corrected chi connectivity index (χ3v) is 2.22. The second-order valence-corrected chi connectivity index (χ2v) is 3.37. The number of carbonyl (C=O) groups excluding carboxylic acids is 1. The van der Waals surface area contributed by atoms with Gasteiger partial charge in [-0.1, -0.05) is 13.3 Å². The molecular weight excluding hydrogens is 192 g/mol. The molecule has 1 unspecified atom stereocenters. The number of rotatable bonds is 5. The first-order valence-corrected chi connectivity index (χ1v) is 5.03. The van der Waals surface area contributed by atoms with E-state index in [1.807, 2.05) is 6.92 Å². The quantitative estimate of drug-likeness (QED) is 0.749. The van der Waals surface area contributed by atoms with Crippen molar-refractivity contribution in [3.63, 3.8) is 0 Å². The first-order chi connectivity index (χ1) is 7.26. The Kier molecular flexibility index (Phi) is 4.70. The molecule has 3 N–H and O–H groups in total. The normalized spacial score (nSPS) is 12.1. The molecule has 1 atom stereocenters. The Morgan fingerprint density at radius 3 is 3.00 bits per heavy atom. The molecule has 0 saturated carbocycles. The van der Waals surface area contributed by atoms with Gasteiger partial charge in [0.1, 0.15) is 0 Å². The van der Waals surface area contributed by atoms with Crippen molar-refractivity contribution in [2.24, 2.45) is 11.7 Å². The summed E-state index contributed by atoms with van der Waals surface area (Å²) in [5, 5.41) is 10.1. The maximum absolute atomic E-state index is 11.5. The molecule has 15 heavy (non-hydrogen) atoms. The van der Waals surface area contributed by atoms with E-state index >= 15 is 0 Å². The summed E-state index contributed by atoms with van der Waals surface area (Å²) in [5.41, 5.74) is 5.52. The lowest BCUT2D eigenvalue weighted by atomic mass is 10.0. The fourth-order valence-electron chi connectivity index (χ4n) is 1.22. The van der Waals surface area contributed by atoms with Crippen LogP contribution in [0, 0.1) is 5.92 Å². The van der Waals surface area contributed by atoms with Crippen molar-refractivity contribution >= 4 is 11.7 Å². The van der Waals surface area contributed by atoms with Crippen LogP contribution in [0.3, 0.4) is 0 Å². The Labute approximate surface area is 89.1 Å². The van der Waals surface area contributed by atoms with Gasteiger partial charge in [0.15, 0.2) is 5.82 Å². The summed E-state index contributed by atoms with van der Waals surface area (Å²) in [6, 6.07) is 3.43. The first kappa shape index (κ1) is 11.6. The minimum atomic E-state index is -0.0622. The number of aromatic nitrogens is 2. The smallest absolute Gasteiger partial charge is 0.225 e. The number of hydrogen-bond acceptors (Lipinski definition) is 4. The minimum Gasteiger partial charge on any atom is -0.330 e. The van der Waals surface area contributed by atoms with Gasteiger partial charge in [0, 0.05) is 12.6 Å². The number of anilines is 1. The highest BCUT2D eigenvalue weighted by Crippen LogP contribution is 2.08. The van der Waals surface area contributed by atoms with Crippen molar-refractivity contribution in [3.8, 4) is 0 Å². The van der Waals surface area contributed by atoms with Crippen LogP contribution in [0.4, 0.5) is 5.82 Å². The van der Waals surface area contributed by atoms with E-state index in [-0.39, 0.29) is 11.8 Å². The van der Waals surface area contributed by atoms with Crippen LogP contribution in [0.1, 0.15) is 19.8 Å². The molecule has 1 rings (SSSR count). The fraction of sp³-hybridized carbons (Fsp3) is 0.500. The molecule has 1 amide bonds. The Hall–Kier alpha value is -1.49. The van der Waals surface area contributed by atoms with Crippen molar-refractivity contribution in [1.82, 2.24) is 10.2 Å². The summed E-state index contributed by atoms with van der Waals surface area (Å²) >= 11 is 0. The van der Waals surface area contributed by atoms with Gasteiger partial charge in [-0.05, 0) is 24.6 Å². The predicted octanol–water partition coefficient (Wildman–Crippen LogP) is 0.790. The third-order valence-electron chi connectivity index (χ3n) is 2.22. The average Bonchev–Trinajstić information content (AvgIpc) is 2.27. The maximum atomic E-state index is 11.5. The van der Waals surface area contributed by atoms with Gasteiger partial charge >= 0.3 is 0 Å². The van der Waals surface area contributed by atoms with Gasteiger partial charge in [-0.15, -0.1) is 5.10 Å². The number of hydrogen-bond donors (Lipinski definition) is 2. The van der Waals surface area contributed by atoms with Crippen molar-refractivity contribution in [3.05, 3.63) is 18.3 Å². The fourth-order valence-corrected chi connectivity index (χ4v) is 1.22. The molecule has 0 spiro atoms. The summed E-state index contributed by atoms with van der Waals surface area (Å²) in [5.74, 6) is 0.656.